The molecule has 9 nitrogen and oxygen atoms in total. The van der Waals surface area contributed by atoms with Crippen molar-refractivity contribution in [2.75, 3.05) is 6.54 Å². The molecule has 3 N–H and O–H groups in total. The van der Waals surface area contributed by atoms with E-state index in [1.54, 1.807) is 25.5 Å². The molecule has 2 rings (SSSR count). The number of carbonyl (C=O) groups is 1. The zero-order valence-electron chi connectivity index (χ0n) is 13.5. The molecule has 128 valence electrons. The lowest BCUT2D eigenvalue weighted by Crippen LogP contribution is -2.45. The van der Waals surface area contributed by atoms with Gasteiger partial charge in [-0.2, -0.15) is 0 Å². The van der Waals surface area contributed by atoms with Crippen LogP contribution < -0.4 is 11.1 Å². The zero-order chi connectivity index (χ0) is 17.9. The van der Waals surface area contributed by atoms with Crippen LogP contribution in [0.4, 0.5) is 5.69 Å². The average molecular weight is 350 g/mol. The summed E-state index contributed by atoms with van der Waals surface area (Å²) in [6, 6.07) is 4.31. The lowest BCUT2D eigenvalue weighted by atomic mass is 10.1. The second kappa shape index (κ2) is 6.97. The fourth-order valence-electron chi connectivity index (χ4n) is 1.76. The molecule has 0 fully saturated rings. The van der Waals surface area contributed by atoms with Gasteiger partial charge < -0.3 is 15.6 Å². The highest BCUT2D eigenvalue weighted by Gasteiger charge is 2.21. The van der Waals surface area contributed by atoms with Crippen molar-refractivity contribution in [2.45, 2.75) is 29.4 Å². The topological polar surface area (TPSA) is 129 Å². The first-order chi connectivity index (χ1) is 11.2. The molecule has 24 heavy (non-hydrogen) atoms. The maximum atomic E-state index is 12.1. The molecule has 1 aromatic heterocycles. The quantitative estimate of drug-likeness (QED) is 0.594. The number of carbonyl (C=O) groups excluding carboxylic acids is 1. The van der Waals surface area contributed by atoms with E-state index < -0.39 is 16.4 Å². The van der Waals surface area contributed by atoms with Crippen LogP contribution in [-0.2, 0) is 7.05 Å². The standard InChI is InChI=1S/C14H18N6O3S/c1-14(2,15)7-16-12(21)9-4-5-11(10(6-9)20(22)23)24-13-18-17-8-19(13)3/h4-6,8H,7,15H2,1-3H3,(H,16,21). The van der Waals surface area contributed by atoms with Crippen molar-refractivity contribution in [3.05, 3.63) is 40.2 Å². The lowest BCUT2D eigenvalue weighted by molar-refractivity contribution is -0.387. The molecule has 0 saturated heterocycles. The van der Waals surface area contributed by atoms with Gasteiger partial charge >= 0.3 is 0 Å². The second-order valence-electron chi connectivity index (χ2n) is 5.94. The summed E-state index contributed by atoms with van der Waals surface area (Å²) in [6.07, 6.45) is 1.50. The molecular formula is C14H18N6O3S. The highest BCUT2D eigenvalue weighted by molar-refractivity contribution is 7.99. The highest BCUT2D eigenvalue weighted by atomic mass is 32.2. The van der Waals surface area contributed by atoms with Gasteiger partial charge in [-0.25, -0.2) is 0 Å². The average Bonchev–Trinajstić information content (AvgIpc) is 2.89. The van der Waals surface area contributed by atoms with Crippen LogP contribution in [0.3, 0.4) is 0 Å². The molecule has 0 radical (unpaired) electrons. The summed E-state index contributed by atoms with van der Waals surface area (Å²) in [7, 11) is 1.74. The fourth-order valence-corrected chi connectivity index (χ4v) is 2.61. The van der Waals surface area contributed by atoms with E-state index in [2.05, 4.69) is 15.5 Å². The summed E-state index contributed by atoms with van der Waals surface area (Å²) in [5.74, 6) is -0.410. The van der Waals surface area contributed by atoms with Gasteiger partial charge in [-0.1, -0.05) is 0 Å². The summed E-state index contributed by atoms with van der Waals surface area (Å²) in [4.78, 5) is 23.3. The molecule has 1 amide bonds. The number of amides is 1. The van der Waals surface area contributed by atoms with Gasteiger partial charge in [-0.15, -0.1) is 10.2 Å². The van der Waals surface area contributed by atoms with E-state index in [4.69, 9.17) is 5.73 Å². The third-order valence-electron chi connectivity index (χ3n) is 2.99. The minimum atomic E-state index is -0.567. The maximum absolute atomic E-state index is 12.1. The summed E-state index contributed by atoms with van der Waals surface area (Å²) in [5.41, 5.74) is 5.28. The second-order valence-corrected chi connectivity index (χ2v) is 6.95. The number of nitro groups is 1. The molecule has 0 bridgehead atoms. The van der Waals surface area contributed by atoms with Gasteiger partial charge in [0.15, 0.2) is 5.16 Å². The molecule has 10 heteroatoms. The molecule has 1 heterocycles. The van der Waals surface area contributed by atoms with Crippen LogP contribution in [0.1, 0.15) is 24.2 Å². The number of aromatic nitrogens is 3. The van der Waals surface area contributed by atoms with Crippen LogP contribution >= 0.6 is 11.8 Å². The Morgan fingerprint density at radius 3 is 2.75 bits per heavy atom. The number of nitro benzene ring substituents is 1. The normalized spacial score (nSPS) is 11.3. The summed E-state index contributed by atoms with van der Waals surface area (Å²) in [6.45, 7) is 3.81. The van der Waals surface area contributed by atoms with E-state index in [0.717, 1.165) is 11.8 Å². The van der Waals surface area contributed by atoms with E-state index in [1.807, 2.05) is 0 Å². The van der Waals surface area contributed by atoms with Crippen molar-refractivity contribution in [1.29, 1.82) is 0 Å². The maximum Gasteiger partial charge on any atom is 0.284 e. The van der Waals surface area contributed by atoms with Gasteiger partial charge in [-0.05, 0) is 37.7 Å². The molecule has 0 aliphatic rings. The summed E-state index contributed by atoms with van der Waals surface area (Å²) < 4.78 is 1.65. The molecule has 0 unspecified atom stereocenters. The van der Waals surface area contributed by atoms with Crippen LogP contribution in [0.15, 0.2) is 34.6 Å². The third-order valence-corrected chi connectivity index (χ3v) is 4.11. The Kier molecular flexibility index (Phi) is 5.20. The number of nitrogens with two attached hydrogens (primary N) is 1. The van der Waals surface area contributed by atoms with Gasteiger partial charge in [0.05, 0.1) is 9.82 Å². The number of aryl methyl sites for hydroxylation is 1. The van der Waals surface area contributed by atoms with Gasteiger partial charge in [-0.3, -0.25) is 14.9 Å². The molecule has 0 aliphatic carbocycles. The monoisotopic (exact) mass is 350 g/mol. The molecular weight excluding hydrogens is 332 g/mol. The first-order valence-corrected chi connectivity index (χ1v) is 7.86. The summed E-state index contributed by atoms with van der Waals surface area (Å²) in [5, 5.41) is 22.1. The first-order valence-electron chi connectivity index (χ1n) is 7.05. The largest absolute Gasteiger partial charge is 0.350 e. The number of benzene rings is 1. The van der Waals surface area contributed by atoms with Crippen LogP contribution in [0, 0.1) is 10.1 Å². The molecule has 1 aromatic carbocycles. The number of hydrogen-bond acceptors (Lipinski definition) is 7. The Bertz CT molecular complexity index is 768. The van der Waals surface area contributed by atoms with Gasteiger partial charge in [0.1, 0.15) is 6.33 Å². The van der Waals surface area contributed by atoms with E-state index in [-0.39, 0.29) is 17.8 Å². The third kappa shape index (κ3) is 4.52. The Balaban J connectivity index is 2.25. The zero-order valence-corrected chi connectivity index (χ0v) is 14.3. The van der Waals surface area contributed by atoms with Gasteiger partial charge in [0.25, 0.3) is 11.6 Å². The van der Waals surface area contributed by atoms with Gasteiger partial charge in [0.2, 0.25) is 0 Å². The van der Waals surface area contributed by atoms with Gasteiger partial charge in [0, 0.05) is 30.8 Å². The van der Waals surface area contributed by atoms with Crippen molar-refractivity contribution < 1.29 is 9.72 Å². The van der Waals surface area contributed by atoms with Crippen molar-refractivity contribution in [3.63, 3.8) is 0 Å². The number of nitrogens with zero attached hydrogens (tertiary/aromatic N) is 4. The Hall–Kier alpha value is -2.46. The Morgan fingerprint density at radius 1 is 1.50 bits per heavy atom. The van der Waals surface area contributed by atoms with Crippen LogP contribution in [-0.4, -0.2) is 37.7 Å². The fraction of sp³-hybridized carbons (Fsp3) is 0.357. The minimum Gasteiger partial charge on any atom is -0.350 e. The summed E-state index contributed by atoms with van der Waals surface area (Å²) >= 11 is 1.11. The van der Waals surface area contributed by atoms with E-state index >= 15 is 0 Å². The van der Waals surface area contributed by atoms with Crippen molar-refractivity contribution in [2.24, 2.45) is 12.8 Å². The Labute approximate surface area is 142 Å². The molecule has 0 spiro atoms. The Morgan fingerprint density at radius 2 is 2.21 bits per heavy atom. The minimum absolute atomic E-state index is 0.164. The van der Waals surface area contributed by atoms with E-state index in [1.165, 1.54) is 24.5 Å². The molecule has 0 atom stereocenters. The molecule has 0 aliphatic heterocycles. The van der Waals surface area contributed by atoms with Crippen LogP contribution in [0.2, 0.25) is 0 Å². The van der Waals surface area contributed by atoms with E-state index in [0.29, 0.717) is 10.1 Å². The van der Waals surface area contributed by atoms with Crippen molar-refractivity contribution in [1.82, 2.24) is 20.1 Å². The lowest BCUT2D eigenvalue weighted by Gasteiger charge is -2.18. The van der Waals surface area contributed by atoms with Crippen molar-refractivity contribution in [3.8, 4) is 0 Å². The predicted octanol–water partition coefficient (Wildman–Crippen LogP) is 1.34. The number of rotatable bonds is 6. The SMILES string of the molecule is Cn1cnnc1Sc1ccc(C(=O)NCC(C)(C)N)cc1[N+](=O)[O-]. The predicted molar refractivity (Wildman–Crippen MR) is 88.8 cm³/mol. The highest BCUT2D eigenvalue weighted by Crippen LogP contribution is 2.34. The van der Waals surface area contributed by atoms with Crippen LogP contribution in [0.25, 0.3) is 0 Å². The number of nitrogens with one attached hydrogen (secondary N) is 1. The van der Waals surface area contributed by atoms with Crippen LogP contribution in [0.5, 0.6) is 0 Å². The molecule has 0 saturated carbocycles. The number of hydrogen-bond donors (Lipinski definition) is 2. The molecule has 2 aromatic rings. The first kappa shape index (κ1) is 17.9. The van der Waals surface area contributed by atoms with E-state index in [9.17, 15) is 14.9 Å². The smallest absolute Gasteiger partial charge is 0.284 e. The van der Waals surface area contributed by atoms with Crippen molar-refractivity contribution >= 4 is 23.4 Å².